The SMILES string of the molecule is O=C(N1CCCC1)N1CCCC2(CC(Nc3ncc(F)cn3)CO2)C1.O=C(O)C(F)(F)F. The van der Waals surface area contributed by atoms with E-state index in [1.165, 1.54) is 0 Å². The summed E-state index contributed by atoms with van der Waals surface area (Å²) in [7, 11) is 0. The third-order valence-electron chi connectivity index (χ3n) is 5.59. The van der Waals surface area contributed by atoms with Crippen LogP contribution in [0.2, 0.25) is 0 Å². The predicted octanol–water partition coefficient (Wildman–Crippen LogP) is 2.50. The summed E-state index contributed by atoms with van der Waals surface area (Å²) in [5.41, 5.74) is -0.286. The number of carbonyl (C=O) groups excluding carboxylic acids is 1. The summed E-state index contributed by atoms with van der Waals surface area (Å²) in [5, 5.41) is 10.3. The summed E-state index contributed by atoms with van der Waals surface area (Å²) in [4.78, 5) is 33.4. The van der Waals surface area contributed by atoms with E-state index in [1.54, 1.807) is 0 Å². The quantitative estimate of drug-likeness (QED) is 0.649. The highest BCUT2D eigenvalue weighted by atomic mass is 19.4. The van der Waals surface area contributed by atoms with E-state index in [1.807, 2.05) is 9.80 Å². The second-order valence-corrected chi connectivity index (χ2v) is 8.07. The van der Waals surface area contributed by atoms with Gasteiger partial charge in [-0.25, -0.2) is 23.9 Å². The van der Waals surface area contributed by atoms with Crippen molar-refractivity contribution in [1.29, 1.82) is 0 Å². The van der Waals surface area contributed by atoms with E-state index in [-0.39, 0.29) is 17.7 Å². The van der Waals surface area contributed by atoms with Crippen molar-refractivity contribution in [1.82, 2.24) is 19.8 Å². The average Bonchev–Trinajstić information content (AvgIpc) is 3.40. The van der Waals surface area contributed by atoms with E-state index in [9.17, 15) is 22.4 Å². The molecule has 0 aromatic carbocycles. The van der Waals surface area contributed by atoms with Crippen molar-refractivity contribution >= 4 is 17.9 Å². The van der Waals surface area contributed by atoms with Gasteiger partial charge in [-0.1, -0.05) is 0 Å². The van der Waals surface area contributed by atoms with Gasteiger partial charge in [-0.3, -0.25) is 0 Å². The molecular formula is C19H25F4N5O4. The smallest absolute Gasteiger partial charge is 0.475 e. The number of anilines is 1. The Morgan fingerprint density at radius 3 is 2.31 bits per heavy atom. The molecule has 4 heterocycles. The van der Waals surface area contributed by atoms with Crippen LogP contribution in [0.1, 0.15) is 32.1 Å². The molecule has 2 unspecified atom stereocenters. The summed E-state index contributed by atoms with van der Waals surface area (Å²) < 4.78 is 50.8. The van der Waals surface area contributed by atoms with Gasteiger partial charge in [-0.15, -0.1) is 0 Å². The Morgan fingerprint density at radius 2 is 1.72 bits per heavy atom. The maximum Gasteiger partial charge on any atom is 0.490 e. The largest absolute Gasteiger partial charge is 0.490 e. The lowest BCUT2D eigenvalue weighted by atomic mass is 9.89. The number of aromatic nitrogens is 2. The Labute approximate surface area is 181 Å². The van der Waals surface area contributed by atoms with Gasteiger partial charge in [-0.05, 0) is 25.7 Å². The molecule has 0 bridgehead atoms. The summed E-state index contributed by atoms with van der Waals surface area (Å²) in [5.74, 6) is -2.80. The number of piperidine rings is 1. The minimum atomic E-state index is -5.08. The van der Waals surface area contributed by atoms with Crippen LogP contribution in [0.4, 0.5) is 28.3 Å². The van der Waals surface area contributed by atoms with E-state index >= 15 is 0 Å². The molecule has 0 radical (unpaired) electrons. The summed E-state index contributed by atoms with van der Waals surface area (Å²) >= 11 is 0. The Morgan fingerprint density at radius 1 is 1.12 bits per heavy atom. The van der Waals surface area contributed by atoms with Crippen LogP contribution < -0.4 is 5.32 Å². The van der Waals surface area contributed by atoms with Crippen molar-refractivity contribution in [2.24, 2.45) is 0 Å². The molecule has 1 aromatic heterocycles. The van der Waals surface area contributed by atoms with E-state index in [2.05, 4.69) is 15.3 Å². The van der Waals surface area contributed by atoms with Crippen molar-refractivity contribution in [3.63, 3.8) is 0 Å². The monoisotopic (exact) mass is 463 g/mol. The predicted molar refractivity (Wildman–Crippen MR) is 103 cm³/mol. The molecule has 1 spiro atoms. The lowest BCUT2D eigenvalue weighted by Crippen LogP contribution is -2.53. The number of carboxylic acid groups (broad SMARTS) is 1. The normalized spacial score (nSPS) is 25.4. The lowest BCUT2D eigenvalue weighted by molar-refractivity contribution is -0.192. The number of alkyl halides is 3. The van der Waals surface area contributed by atoms with Gasteiger partial charge in [0.2, 0.25) is 5.95 Å². The summed E-state index contributed by atoms with van der Waals surface area (Å²) in [6.07, 6.45) is 2.14. The second-order valence-electron chi connectivity index (χ2n) is 8.07. The number of carbonyl (C=O) groups is 2. The van der Waals surface area contributed by atoms with Crippen LogP contribution in [0, 0.1) is 5.82 Å². The summed E-state index contributed by atoms with van der Waals surface area (Å²) in [6.45, 7) is 3.74. The molecule has 2 atom stereocenters. The average molecular weight is 463 g/mol. The first-order chi connectivity index (χ1) is 15.1. The molecule has 3 aliphatic rings. The number of nitrogens with zero attached hydrogens (tertiary/aromatic N) is 4. The van der Waals surface area contributed by atoms with E-state index in [0.29, 0.717) is 19.1 Å². The topological polar surface area (TPSA) is 108 Å². The number of hydrogen-bond acceptors (Lipinski definition) is 6. The standard InChI is InChI=1S/C17H24FN5O2.C2HF3O2/c18-13-9-19-15(20-10-13)21-14-8-17(25-11-14)4-3-7-23(12-17)16(24)22-5-1-2-6-22;3-2(4,5)1(6)7/h9-10,14H,1-8,11-12H2,(H,19,20,21);(H,6,7). The number of amides is 2. The van der Waals surface area contributed by atoms with Crippen molar-refractivity contribution < 1.29 is 37.0 Å². The number of carboxylic acids is 1. The number of likely N-dealkylation sites (tertiary alicyclic amines) is 2. The van der Waals surface area contributed by atoms with E-state index in [0.717, 1.165) is 64.1 Å². The van der Waals surface area contributed by atoms with Gasteiger partial charge < -0.3 is 25.0 Å². The maximum atomic E-state index is 12.9. The number of ether oxygens (including phenoxy) is 1. The third-order valence-corrected chi connectivity index (χ3v) is 5.59. The molecular weight excluding hydrogens is 438 g/mol. The van der Waals surface area contributed by atoms with Crippen LogP contribution >= 0.6 is 0 Å². The molecule has 0 aliphatic carbocycles. The van der Waals surface area contributed by atoms with Gasteiger partial charge in [0.1, 0.15) is 0 Å². The highest BCUT2D eigenvalue weighted by molar-refractivity contribution is 5.75. The van der Waals surface area contributed by atoms with Crippen molar-refractivity contribution in [2.45, 2.75) is 49.9 Å². The van der Waals surface area contributed by atoms with E-state index in [4.69, 9.17) is 14.6 Å². The number of halogens is 4. The Bertz CT molecular complexity index is 804. The van der Waals surface area contributed by atoms with Crippen LogP contribution in [-0.2, 0) is 9.53 Å². The van der Waals surface area contributed by atoms with Gasteiger partial charge in [0.05, 0.1) is 37.2 Å². The minimum Gasteiger partial charge on any atom is -0.475 e. The molecule has 4 rings (SSSR count). The molecule has 0 saturated carbocycles. The Hall–Kier alpha value is -2.70. The molecule has 3 fully saturated rings. The van der Waals surface area contributed by atoms with Crippen molar-refractivity contribution in [3.8, 4) is 0 Å². The van der Waals surface area contributed by atoms with Gasteiger partial charge in [0.25, 0.3) is 0 Å². The Balaban J connectivity index is 0.000000360. The zero-order valence-electron chi connectivity index (χ0n) is 17.3. The minimum absolute atomic E-state index is 0.0762. The van der Waals surface area contributed by atoms with Crippen molar-refractivity contribution in [2.75, 3.05) is 38.1 Å². The number of hydrogen-bond donors (Lipinski definition) is 2. The fourth-order valence-corrected chi connectivity index (χ4v) is 4.16. The first-order valence-corrected chi connectivity index (χ1v) is 10.3. The van der Waals surface area contributed by atoms with Crippen molar-refractivity contribution in [3.05, 3.63) is 18.2 Å². The molecule has 13 heteroatoms. The van der Waals surface area contributed by atoms with Gasteiger partial charge in [0, 0.05) is 26.1 Å². The van der Waals surface area contributed by atoms with Crippen LogP contribution in [0.15, 0.2) is 12.4 Å². The zero-order valence-corrected chi connectivity index (χ0v) is 17.3. The molecule has 2 amide bonds. The van der Waals surface area contributed by atoms with Gasteiger partial charge in [-0.2, -0.15) is 13.2 Å². The zero-order chi connectivity index (χ0) is 23.4. The summed E-state index contributed by atoms with van der Waals surface area (Å²) in [6, 6.07) is 0.228. The number of rotatable bonds is 2. The van der Waals surface area contributed by atoms with Crippen LogP contribution in [0.5, 0.6) is 0 Å². The molecule has 3 saturated heterocycles. The molecule has 1 aromatic rings. The fourth-order valence-electron chi connectivity index (χ4n) is 4.16. The molecule has 2 N–H and O–H groups in total. The number of nitrogens with one attached hydrogen (secondary N) is 1. The van der Waals surface area contributed by atoms with Crippen LogP contribution in [0.3, 0.4) is 0 Å². The van der Waals surface area contributed by atoms with Gasteiger partial charge >= 0.3 is 18.2 Å². The highest BCUT2D eigenvalue weighted by Gasteiger charge is 2.45. The number of aliphatic carboxylic acids is 1. The highest BCUT2D eigenvalue weighted by Crippen LogP contribution is 2.36. The van der Waals surface area contributed by atoms with Crippen LogP contribution in [0.25, 0.3) is 0 Å². The van der Waals surface area contributed by atoms with E-state index < -0.39 is 18.0 Å². The molecule has 9 nitrogen and oxygen atoms in total. The first kappa shape index (κ1) is 24.0. The maximum absolute atomic E-state index is 12.9. The third kappa shape index (κ3) is 6.17. The lowest BCUT2D eigenvalue weighted by Gasteiger charge is -2.41. The second kappa shape index (κ2) is 9.84. The molecule has 178 valence electrons. The Kier molecular flexibility index (Phi) is 7.36. The molecule has 32 heavy (non-hydrogen) atoms. The van der Waals surface area contributed by atoms with Crippen LogP contribution in [-0.4, -0.2) is 87.5 Å². The first-order valence-electron chi connectivity index (χ1n) is 10.3. The number of urea groups is 1. The molecule has 3 aliphatic heterocycles. The fraction of sp³-hybridized carbons (Fsp3) is 0.684. The van der Waals surface area contributed by atoms with Gasteiger partial charge in [0.15, 0.2) is 5.82 Å².